The lowest BCUT2D eigenvalue weighted by Crippen LogP contribution is -2.53. The van der Waals surface area contributed by atoms with Crippen molar-refractivity contribution in [1.29, 1.82) is 0 Å². The van der Waals surface area contributed by atoms with Crippen LogP contribution in [0.1, 0.15) is 46.5 Å². The fourth-order valence-corrected chi connectivity index (χ4v) is 2.55. The summed E-state index contributed by atoms with van der Waals surface area (Å²) >= 11 is 4.04. The number of imide groups is 1. The van der Waals surface area contributed by atoms with Gasteiger partial charge in [-0.25, -0.2) is 0 Å². The fourth-order valence-electron chi connectivity index (χ4n) is 2.22. The molecule has 0 spiro atoms. The third kappa shape index (κ3) is 10.3. The summed E-state index contributed by atoms with van der Waals surface area (Å²) in [6.45, 7) is 4.85. The molecule has 2 atom stereocenters. The van der Waals surface area contributed by atoms with Crippen LogP contribution in [0, 0.1) is 0 Å². The Balaban J connectivity index is 4.89. The van der Waals surface area contributed by atoms with Gasteiger partial charge in [0.2, 0.25) is 17.7 Å². The average Bonchev–Trinajstić information content (AvgIpc) is 2.69. The average molecular weight is 434 g/mol. The zero-order chi connectivity index (χ0) is 22.4. The molecule has 3 amide bonds. The molecule has 10 nitrogen and oxygen atoms in total. The molecule has 0 aromatic rings. The lowest BCUT2D eigenvalue weighted by atomic mass is 10.1. The van der Waals surface area contributed by atoms with Crippen molar-refractivity contribution < 1.29 is 33.4 Å². The quantitative estimate of drug-likeness (QED) is 0.267. The molecule has 3 N–H and O–H groups in total. The highest BCUT2D eigenvalue weighted by Crippen LogP contribution is 2.09. The number of thiol groups is 1. The van der Waals surface area contributed by atoms with Gasteiger partial charge in [0.25, 0.3) is 0 Å². The number of nitrogens with zero attached hydrogens (tertiary/aromatic N) is 1. The standard InChI is InChI=1S/C18H31N3O7S/c1-4-8-27-16(24)10-20-17(25)14(11-29)21(12(3)22)15(23)7-6-13(19)18(26)28-9-5-2/h13-14,29H,4-11,19H2,1-3H3,(H,20,25). The first kappa shape index (κ1) is 26.9. The predicted molar refractivity (Wildman–Crippen MR) is 108 cm³/mol. The van der Waals surface area contributed by atoms with E-state index in [0.29, 0.717) is 12.8 Å². The summed E-state index contributed by atoms with van der Waals surface area (Å²) in [6.07, 6.45) is 0.993. The van der Waals surface area contributed by atoms with Crippen molar-refractivity contribution in [2.75, 3.05) is 25.5 Å². The van der Waals surface area contributed by atoms with E-state index in [9.17, 15) is 24.0 Å². The van der Waals surface area contributed by atoms with Crippen LogP contribution in [0.3, 0.4) is 0 Å². The van der Waals surface area contributed by atoms with Crippen molar-refractivity contribution in [2.24, 2.45) is 5.73 Å². The zero-order valence-corrected chi connectivity index (χ0v) is 18.0. The van der Waals surface area contributed by atoms with Gasteiger partial charge in [-0.3, -0.25) is 28.9 Å². The Labute approximate surface area is 176 Å². The molecule has 0 saturated heterocycles. The third-order valence-corrected chi connectivity index (χ3v) is 4.04. The number of carbonyl (C=O) groups is 5. The number of nitrogens with two attached hydrogens (primary N) is 1. The third-order valence-electron chi connectivity index (χ3n) is 3.69. The number of hydrogen-bond acceptors (Lipinski definition) is 9. The van der Waals surface area contributed by atoms with Gasteiger partial charge < -0.3 is 20.5 Å². The Morgan fingerprint density at radius 2 is 1.66 bits per heavy atom. The van der Waals surface area contributed by atoms with Gasteiger partial charge in [0, 0.05) is 19.1 Å². The molecule has 0 aliphatic heterocycles. The number of amides is 3. The number of esters is 2. The summed E-state index contributed by atoms with van der Waals surface area (Å²) in [4.78, 5) is 60.8. The number of ether oxygens (including phenoxy) is 2. The molecule has 0 aromatic heterocycles. The maximum absolute atomic E-state index is 12.5. The molecule has 0 aliphatic carbocycles. The summed E-state index contributed by atoms with van der Waals surface area (Å²) < 4.78 is 9.75. The van der Waals surface area contributed by atoms with E-state index in [1.165, 1.54) is 0 Å². The van der Waals surface area contributed by atoms with Gasteiger partial charge in [0.05, 0.1) is 13.2 Å². The second-order valence-corrected chi connectivity index (χ2v) is 6.60. The number of rotatable bonds is 13. The van der Waals surface area contributed by atoms with Crippen molar-refractivity contribution in [1.82, 2.24) is 10.2 Å². The van der Waals surface area contributed by atoms with E-state index in [4.69, 9.17) is 15.2 Å². The van der Waals surface area contributed by atoms with Crippen molar-refractivity contribution in [3.8, 4) is 0 Å². The summed E-state index contributed by atoms with van der Waals surface area (Å²) in [5.41, 5.74) is 5.70. The number of carbonyl (C=O) groups excluding carboxylic acids is 5. The maximum atomic E-state index is 12.5. The molecule has 0 aliphatic rings. The largest absolute Gasteiger partial charge is 0.465 e. The van der Waals surface area contributed by atoms with Gasteiger partial charge in [-0.2, -0.15) is 12.6 Å². The van der Waals surface area contributed by atoms with E-state index in [1.807, 2.05) is 13.8 Å². The first-order valence-corrected chi connectivity index (χ1v) is 10.1. The van der Waals surface area contributed by atoms with Gasteiger partial charge >= 0.3 is 11.9 Å². The lowest BCUT2D eigenvalue weighted by molar-refractivity contribution is -0.151. The number of hydrogen-bond donors (Lipinski definition) is 3. The molecule has 0 bridgehead atoms. The van der Waals surface area contributed by atoms with Gasteiger partial charge in [-0.15, -0.1) is 0 Å². The van der Waals surface area contributed by atoms with E-state index < -0.39 is 48.3 Å². The topological polar surface area (TPSA) is 145 Å². The van der Waals surface area contributed by atoms with E-state index in [1.54, 1.807) is 0 Å². The molecule has 0 fully saturated rings. The van der Waals surface area contributed by atoms with E-state index in [0.717, 1.165) is 11.8 Å². The fraction of sp³-hybridized carbons (Fsp3) is 0.722. The summed E-state index contributed by atoms with van der Waals surface area (Å²) in [5, 5.41) is 2.33. The van der Waals surface area contributed by atoms with Gasteiger partial charge in [-0.1, -0.05) is 13.8 Å². The Bertz CT molecular complexity index is 586. The highest BCUT2D eigenvalue weighted by atomic mass is 32.1. The molecule has 29 heavy (non-hydrogen) atoms. The second kappa shape index (κ2) is 14.8. The van der Waals surface area contributed by atoms with Gasteiger partial charge in [0.1, 0.15) is 18.6 Å². The normalized spacial score (nSPS) is 12.4. The molecule has 2 unspecified atom stereocenters. The van der Waals surface area contributed by atoms with Crippen molar-refractivity contribution >= 4 is 42.3 Å². The van der Waals surface area contributed by atoms with Crippen LogP contribution >= 0.6 is 12.6 Å². The Morgan fingerprint density at radius 1 is 1.07 bits per heavy atom. The van der Waals surface area contributed by atoms with Crippen LogP contribution in [-0.4, -0.2) is 72.2 Å². The van der Waals surface area contributed by atoms with E-state index >= 15 is 0 Å². The van der Waals surface area contributed by atoms with Crippen LogP contribution in [0.15, 0.2) is 0 Å². The Kier molecular flexibility index (Phi) is 13.7. The summed E-state index contributed by atoms with van der Waals surface area (Å²) in [5.74, 6) is -3.48. The minimum Gasteiger partial charge on any atom is -0.465 e. The van der Waals surface area contributed by atoms with Gasteiger partial charge in [0.15, 0.2) is 0 Å². The second-order valence-electron chi connectivity index (χ2n) is 6.23. The van der Waals surface area contributed by atoms with Crippen molar-refractivity contribution in [3.05, 3.63) is 0 Å². The van der Waals surface area contributed by atoms with Crippen molar-refractivity contribution in [2.45, 2.75) is 58.5 Å². The summed E-state index contributed by atoms with van der Waals surface area (Å²) in [7, 11) is 0. The first-order chi connectivity index (χ1) is 13.7. The Morgan fingerprint density at radius 3 is 2.17 bits per heavy atom. The molecule has 166 valence electrons. The predicted octanol–water partition coefficient (Wildman–Crippen LogP) is -0.210. The van der Waals surface area contributed by atoms with E-state index in [2.05, 4.69) is 17.9 Å². The zero-order valence-electron chi connectivity index (χ0n) is 17.1. The SMILES string of the molecule is CCCOC(=O)CNC(=O)C(CS)N(C(C)=O)C(=O)CCC(N)C(=O)OCCC. The first-order valence-electron chi connectivity index (χ1n) is 9.48. The van der Waals surface area contributed by atoms with Crippen LogP contribution in [-0.2, 0) is 33.4 Å². The molecular weight excluding hydrogens is 402 g/mol. The minimum absolute atomic E-state index is 0.0462. The van der Waals surface area contributed by atoms with Crippen LogP contribution in [0.25, 0.3) is 0 Å². The lowest BCUT2D eigenvalue weighted by Gasteiger charge is -2.27. The smallest absolute Gasteiger partial charge is 0.325 e. The highest BCUT2D eigenvalue weighted by molar-refractivity contribution is 7.80. The minimum atomic E-state index is -1.22. The molecule has 0 radical (unpaired) electrons. The van der Waals surface area contributed by atoms with Gasteiger partial charge in [-0.05, 0) is 19.3 Å². The van der Waals surface area contributed by atoms with Crippen LogP contribution < -0.4 is 11.1 Å². The molecule has 0 heterocycles. The Hall–Kier alpha value is -2.14. The highest BCUT2D eigenvalue weighted by Gasteiger charge is 2.32. The van der Waals surface area contributed by atoms with Crippen LogP contribution in [0.2, 0.25) is 0 Å². The number of nitrogens with one attached hydrogen (secondary N) is 1. The molecule has 0 aromatic carbocycles. The molecule has 11 heteroatoms. The maximum Gasteiger partial charge on any atom is 0.325 e. The molecule has 0 rings (SSSR count). The van der Waals surface area contributed by atoms with Crippen LogP contribution in [0.4, 0.5) is 0 Å². The summed E-state index contributed by atoms with van der Waals surface area (Å²) in [6, 6.07) is -2.23. The monoisotopic (exact) mass is 433 g/mol. The molecule has 0 saturated carbocycles. The van der Waals surface area contributed by atoms with Crippen molar-refractivity contribution in [3.63, 3.8) is 0 Å². The van der Waals surface area contributed by atoms with E-state index in [-0.39, 0.29) is 31.8 Å². The molecular formula is C18H31N3O7S. The van der Waals surface area contributed by atoms with Crippen LogP contribution in [0.5, 0.6) is 0 Å².